The van der Waals surface area contributed by atoms with Gasteiger partial charge in [0.1, 0.15) is 0 Å². The molecule has 2 aliphatic rings. The monoisotopic (exact) mass is 353 g/mol. The summed E-state index contributed by atoms with van der Waals surface area (Å²) in [5.74, 6) is 0. The van der Waals surface area contributed by atoms with Crippen LogP contribution in [0, 0.1) is 0 Å². The predicted octanol–water partition coefficient (Wildman–Crippen LogP) is 1.77. The summed E-state index contributed by atoms with van der Waals surface area (Å²) >= 11 is 0. The molecule has 1 aromatic carbocycles. The van der Waals surface area contributed by atoms with E-state index in [4.69, 9.17) is 4.74 Å². The van der Waals surface area contributed by atoms with Crippen molar-refractivity contribution >= 4 is 21.7 Å². The van der Waals surface area contributed by atoms with Crippen LogP contribution in [0.15, 0.2) is 29.2 Å². The van der Waals surface area contributed by atoms with E-state index in [1.165, 1.54) is 23.5 Å². The van der Waals surface area contributed by atoms with Crippen molar-refractivity contribution in [3.05, 3.63) is 24.3 Å². The highest BCUT2D eigenvalue weighted by Crippen LogP contribution is 2.37. The van der Waals surface area contributed by atoms with Crippen molar-refractivity contribution in [2.75, 3.05) is 32.1 Å². The van der Waals surface area contributed by atoms with Gasteiger partial charge in [-0.2, -0.15) is 4.31 Å². The molecule has 0 atom stereocenters. The molecule has 0 aromatic heterocycles. The summed E-state index contributed by atoms with van der Waals surface area (Å²) in [6.07, 6.45) is 3.60. The third kappa shape index (κ3) is 3.40. The van der Waals surface area contributed by atoms with E-state index >= 15 is 0 Å². The molecular formula is C16H23N3O4S. The first-order chi connectivity index (χ1) is 11.5. The Morgan fingerprint density at radius 2 is 1.83 bits per heavy atom. The molecule has 1 spiro atoms. The summed E-state index contributed by atoms with van der Waals surface area (Å²) in [5.41, 5.74) is 0.443. The normalized spacial score (nSPS) is 20.9. The molecule has 24 heavy (non-hydrogen) atoms. The number of ether oxygens (including phenoxy) is 1. The molecular weight excluding hydrogens is 330 g/mol. The zero-order chi connectivity index (χ0) is 17.2. The molecule has 2 heterocycles. The van der Waals surface area contributed by atoms with Crippen molar-refractivity contribution in [2.45, 2.75) is 36.2 Å². The highest BCUT2D eigenvalue weighted by Gasteiger charge is 2.41. The fraction of sp³-hybridized carbons (Fsp3) is 0.562. The fourth-order valence-corrected chi connectivity index (χ4v) is 4.78. The van der Waals surface area contributed by atoms with Gasteiger partial charge in [-0.1, -0.05) is 0 Å². The lowest BCUT2D eigenvalue weighted by Crippen LogP contribution is -2.46. The van der Waals surface area contributed by atoms with E-state index in [0.29, 0.717) is 18.8 Å². The van der Waals surface area contributed by atoms with Gasteiger partial charge in [0.05, 0.1) is 10.5 Å². The number of nitrogens with one attached hydrogen (secondary N) is 2. The summed E-state index contributed by atoms with van der Waals surface area (Å²) < 4.78 is 32.9. The second kappa shape index (κ2) is 6.70. The van der Waals surface area contributed by atoms with Crippen LogP contribution in [-0.4, -0.2) is 51.1 Å². The Bertz CT molecular complexity index is 687. The Morgan fingerprint density at radius 1 is 1.17 bits per heavy atom. The Hall–Kier alpha value is -1.64. The third-order valence-corrected chi connectivity index (χ3v) is 6.71. The van der Waals surface area contributed by atoms with Gasteiger partial charge < -0.3 is 15.4 Å². The number of urea groups is 1. The average molecular weight is 353 g/mol. The van der Waals surface area contributed by atoms with Crippen molar-refractivity contribution in [3.63, 3.8) is 0 Å². The van der Waals surface area contributed by atoms with E-state index in [1.807, 2.05) is 0 Å². The zero-order valence-corrected chi connectivity index (χ0v) is 14.6. The maximum absolute atomic E-state index is 12.8. The summed E-state index contributed by atoms with van der Waals surface area (Å²) in [4.78, 5) is 11.5. The van der Waals surface area contributed by atoms with Crippen LogP contribution in [0.25, 0.3) is 0 Å². The van der Waals surface area contributed by atoms with Gasteiger partial charge in [-0.05, 0) is 49.9 Å². The molecule has 2 aliphatic heterocycles. The molecule has 0 saturated carbocycles. The molecule has 2 amide bonds. The Balaban J connectivity index is 1.68. The zero-order valence-electron chi connectivity index (χ0n) is 13.7. The van der Waals surface area contributed by atoms with E-state index in [9.17, 15) is 13.2 Å². The highest BCUT2D eigenvalue weighted by atomic mass is 32.2. The molecule has 132 valence electrons. The molecule has 0 bridgehead atoms. The number of carbonyl (C=O) groups is 1. The standard InChI is InChI=1S/C16H23N3O4S/c1-17-15(20)18-13-3-5-14(6-4-13)24(21,22)19-10-8-16(9-11-19)7-2-12-23-16/h3-6H,2,7-12H2,1H3,(H2,17,18,20). The minimum atomic E-state index is -3.51. The minimum absolute atomic E-state index is 0.104. The lowest BCUT2D eigenvalue weighted by atomic mass is 9.90. The molecule has 0 aliphatic carbocycles. The Morgan fingerprint density at radius 3 is 2.38 bits per heavy atom. The van der Waals surface area contributed by atoms with Gasteiger partial charge in [0.25, 0.3) is 0 Å². The molecule has 2 saturated heterocycles. The van der Waals surface area contributed by atoms with Gasteiger partial charge in [0.2, 0.25) is 10.0 Å². The molecule has 2 N–H and O–H groups in total. The molecule has 0 unspecified atom stereocenters. The second-order valence-corrected chi connectivity index (χ2v) is 8.21. The number of benzene rings is 1. The molecule has 3 rings (SSSR count). The highest BCUT2D eigenvalue weighted by molar-refractivity contribution is 7.89. The van der Waals surface area contributed by atoms with Crippen LogP contribution in [0.4, 0.5) is 10.5 Å². The maximum Gasteiger partial charge on any atom is 0.318 e. The number of carbonyl (C=O) groups excluding carboxylic acids is 1. The van der Waals surface area contributed by atoms with Crippen LogP contribution < -0.4 is 10.6 Å². The largest absolute Gasteiger partial charge is 0.375 e. The SMILES string of the molecule is CNC(=O)Nc1ccc(S(=O)(=O)N2CCC3(CCCO3)CC2)cc1. The Kier molecular flexibility index (Phi) is 4.80. The maximum atomic E-state index is 12.8. The van der Waals surface area contributed by atoms with Crippen LogP contribution in [0.1, 0.15) is 25.7 Å². The van der Waals surface area contributed by atoms with Crippen LogP contribution in [0.2, 0.25) is 0 Å². The summed E-state index contributed by atoms with van der Waals surface area (Å²) in [5, 5.41) is 5.05. The molecule has 8 heteroatoms. The van der Waals surface area contributed by atoms with Gasteiger partial charge in [-0.25, -0.2) is 13.2 Å². The van der Waals surface area contributed by atoms with Crippen LogP contribution >= 0.6 is 0 Å². The van der Waals surface area contributed by atoms with Crippen molar-refractivity contribution in [2.24, 2.45) is 0 Å². The van der Waals surface area contributed by atoms with Gasteiger partial charge in [-0.15, -0.1) is 0 Å². The Labute approximate surface area is 142 Å². The summed E-state index contributed by atoms with van der Waals surface area (Å²) in [7, 11) is -1.99. The quantitative estimate of drug-likeness (QED) is 0.867. The first-order valence-corrected chi connectivity index (χ1v) is 9.62. The number of anilines is 1. The predicted molar refractivity (Wildman–Crippen MR) is 90.4 cm³/mol. The number of hydrogen-bond acceptors (Lipinski definition) is 4. The first-order valence-electron chi connectivity index (χ1n) is 8.18. The van der Waals surface area contributed by atoms with Gasteiger partial charge in [0, 0.05) is 32.4 Å². The topological polar surface area (TPSA) is 87.7 Å². The van der Waals surface area contributed by atoms with Crippen LogP contribution in [-0.2, 0) is 14.8 Å². The van der Waals surface area contributed by atoms with Gasteiger partial charge in [0.15, 0.2) is 0 Å². The number of sulfonamides is 1. The lowest BCUT2D eigenvalue weighted by Gasteiger charge is -2.37. The number of piperidine rings is 1. The van der Waals surface area contributed by atoms with E-state index in [2.05, 4.69) is 10.6 Å². The van der Waals surface area contributed by atoms with Crippen LogP contribution in [0.5, 0.6) is 0 Å². The van der Waals surface area contributed by atoms with Crippen molar-refractivity contribution in [1.29, 1.82) is 0 Å². The second-order valence-electron chi connectivity index (χ2n) is 6.27. The van der Waals surface area contributed by atoms with E-state index in [1.54, 1.807) is 12.1 Å². The smallest absolute Gasteiger partial charge is 0.318 e. The molecule has 0 radical (unpaired) electrons. The minimum Gasteiger partial charge on any atom is -0.375 e. The summed E-state index contributed by atoms with van der Waals surface area (Å²) in [6.45, 7) is 1.76. The number of hydrogen-bond donors (Lipinski definition) is 2. The lowest BCUT2D eigenvalue weighted by molar-refractivity contribution is -0.0309. The molecule has 2 fully saturated rings. The fourth-order valence-electron chi connectivity index (χ4n) is 3.34. The van der Waals surface area contributed by atoms with Gasteiger partial charge >= 0.3 is 6.03 Å². The van der Waals surface area contributed by atoms with Crippen molar-refractivity contribution < 1.29 is 17.9 Å². The van der Waals surface area contributed by atoms with E-state index in [-0.39, 0.29) is 16.5 Å². The third-order valence-electron chi connectivity index (χ3n) is 4.80. The first kappa shape index (κ1) is 17.2. The van der Waals surface area contributed by atoms with E-state index in [0.717, 1.165) is 32.3 Å². The average Bonchev–Trinajstić information content (AvgIpc) is 3.03. The molecule has 1 aromatic rings. The van der Waals surface area contributed by atoms with Crippen molar-refractivity contribution in [3.8, 4) is 0 Å². The van der Waals surface area contributed by atoms with Gasteiger partial charge in [-0.3, -0.25) is 0 Å². The number of rotatable bonds is 3. The number of amides is 2. The summed E-state index contributed by atoms with van der Waals surface area (Å²) in [6, 6.07) is 5.89. The van der Waals surface area contributed by atoms with Crippen LogP contribution in [0.3, 0.4) is 0 Å². The van der Waals surface area contributed by atoms with E-state index < -0.39 is 10.0 Å². The van der Waals surface area contributed by atoms with Crippen molar-refractivity contribution in [1.82, 2.24) is 9.62 Å². The molecule has 7 nitrogen and oxygen atoms in total. The number of nitrogens with zero attached hydrogens (tertiary/aromatic N) is 1.